The first-order chi connectivity index (χ1) is 17.9. The smallest absolute Gasteiger partial charge is 0.338 e. The van der Waals surface area contributed by atoms with Gasteiger partial charge in [0.15, 0.2) is 0 Å². The largest absolute Gasteiger partial charge is 0.550 e. The van der Waals surface area contributed by atoms with Crippen LogP contribution in [0, 0.1) is 22.7 Å². The normalized spacial score (nSPS) is 30.0. The maximum Gasteiger partial charge on any atom is 0.338 e. The number of rotatable bonds is 11. The van der Waals surface area contributed by atoms with E-state index >= 15 is 0 Å². The predicted octanol–water partition coefficient (Wildman–Crippen LogP) is 2.90. The molecule has 5 atom stereocenters. The third-order valence-corrected chi connectivity index (χ3v) is 8.29. The highest BCUT2D eigenvalue weighted by Gasteiger charge is 2.59. The first-order valence-electron chi connectivity index (χ1n) is 12.9. The fourth-order valence-electron chi connectivity index (χ4n) is 6.30. The third-order valence-electron chi connectivity index (χ3n) is 8.29. The van der Waals surface area contributed by atoms with Crippen molar-refractivity contribution in [3.8, 4) is 0 Å². The fraction of sp³-hybridized carbons (Fsp3) is 0.621. The van der Waals surface area contributed by atoms with Crippen molar-refractivity contribution in [2.24, 2.45) is 22.7 Å². The Hall–Kier alpha value is -3.43. The van der Waals surface area contributed by atoms with Gasteiger partial charge in [0.25, 0.3) is 0 Å². The standard InChI is InChI=1S/C28H36O10.CH4/c1-17-4-7-20-27(2,19(17)6-5-18-13-15-36-26(18)35)14-12-21(38-25(34)11-9-23(31)32)28(20,3)16-37-24(33)10-8-22(29)30;/h5-6,13,19-21H,1,4,7-12,14-16H2,2-3H3,(H,29,30)(H,31,32);1H4/p-1/b6-5+;. The molecule has 39 heavy (non-hydrogen) atoms. The van der Waals surface area contributed by atoms with Gasteiger partial charge in [-0.2, -0.15) is 0 Å². The van der Waals surface area contributed by atoms with Crippen molar-refractivity contribution in [1.82, 2.24) is 0 Å². The average molecular weight is 548 g/mol. The number of esters is 3. The summed E-state index contributed by atoms with van der Waals surface area (Å²) < 4.78 is 16.3. The van der Waals surface area contributed by atoms with Crippen LogP contribution in [0.5, 0.6) is 0 Å². The van der Waals surface area contributed by atoms with E-state index in [1.165, 1.54) is 0 Å². The average Bonchev–Trinajstić information content (AvgIpc) is 3.26. The summed E-state index contributed by atoms with van der Waals surface area (Å²) in [6, 6.07) is 0. The Morgan fingerprint density at radius 1 is 1.15 bits per heavy atom. The van der Waals surface area contributed by atoms with Crippen LogP contribution in [0.4, 0.5) is 0 Å². The molecule has 1 heterocycles. The minimum Gasteiger partial charge on any atom is -0.550 e. The summed E-state index contributed by atoms with van der Waals surface area (Å²) >= 11 is 0. The molecule has 0 saturated heterocycles. The number of fused-ring (bicyclic) bond motifs is 1. The Bertz CT molecular complexity index is 1060. The van der Waals surface area contributed by atoms with Crippen LogP contribution in [0.3, 0.4) is 0 Å². The van der Waals surface area contributed by atoms with Crippen LogP contribution in [0.15, 0.2) is 36.0 Å². The summed E-state index contributed by atoms with van der Waals surface area (Å²) in [6.07, 6.45) is 5.84. The first-order valence-corrected chi connectivity index (χ1v) is 12.9. The van der Waals surface area contributed by atoms with E-state index in [2.05, 4.69) is 13.5 Å². The predicted molar refractivity (Wildman–Crippen MR) is 138 cm³/mol. The zero-order valence-corrected chi connectivity index (χ0v) is 21.9. The molecule has 0 aromatic heterocycles. The monoisotopic (exact) mass is 547 g/mol. The molecule has 1 aliphatic heterocycles. The summed E-state index contributed by atoms with van der Waals surface area (Å²) in [7, 11) is 0. The summed E-state index contributed by atoms with van der Waals surface area (Å²) in [5.74, 6) is -4.38. The van der Waals surface area contributed by atoms with Gasteiger partial charge in [0.05, 0.1) is 24.8 Å². The second-order valence-corrected chi connectivity index (χ2v) is 10.8. The van der Waals surface area contributed by atoms with E-state index in [1.54, 1.807) is 12.2 Å². The van der Waals surface area contributed by atoms with Gasteiger partial charge in [-0.3, -0.25) is 14.4 Å². The highest BCUT2D eigenvalue weighted by atomic mass is 16.6. The third kappa shape index (κ3) is 7.36. The molecule has 0 bridgehead atoms. The molecule has 5 unspecified atom stereocenters. The number of ether oxygens (including phenoxy) is 3. The molecule has 0 radical (unpaired) electrons. The van der Waals surface area contributed by atoms with Crippen molar-refractivity contribution in [3.05, 3.63) is 36.0 Å². The van der Waals surface area contributed by atoms with Gasteiger partial charge in [-0.15, -0.1) is 0 Å². The molecule has 0 spiro atoms. The van der Waals surface area contributed by atoms with Gasteiger partial charge < -0.3 is 29.2 Å². The van der Waals surface area contributed by atoms with E-state index in [0.717, 1.165) is 5.57 Å². The molecule has 3 rings (SSSR count). The molecular formula is C29H39O10-. The minimum absolute atomic E-state index is 0. The molecule has 10 heteroatoms. The lowest BCUT2D eigenvalue weighted by molar-refractivity contribution is -0.305. The second kappa shape index (κ2) is 13.1. The molecule has 0 aromatic rings. The van der Waals surface area contributed by atoms with Crippen LogP contribution in [-0.4, -0.2) is 54.3 Å². The number of aliphatic carboxylic acids is 2. The lowest BCUT2D eigenvalue weighted by Gasteiger charge is -2.59. The quantitative estimate of drug-likeness (QED) is 0.232. The summed E-state index contributed by atoms with van der Waals surface area (Å²) in [5, 5.41) is 19.7. The molecule has 3 aliphatic rings. The van der Waals surface area contributed by atoms with Crippen LogP contribution >= 0.6 is 0 Å². The molecule has 2 saturated carbocycles. The lowest BCUT2D eigenvalue weighted by Crippen LogP contribution is -2.58. The molecule has 10 nitrogen and oxygen atoms in total. The van der Waals surface area contributed by atoms with Crippen molar-refractivity contribution < 1.29 is 48.4 Å². The molecule has 2 aliphatic carbocycles. The minimum atomic E-state index is -1.36. The summed E-state index contributed by atoms with van der Waals surface area (Å²) in [4.78, 5) is 58.5. The van der Waals surface area contributed by atoms with Crippen molar-refractivity contribution in [2.45, 2.75) is 78.7 Å². The fourth-order valence-corrected chi connectivity index (χ4v) is 6.30. The highest BCUT2D eigenvalue weighted by molar-refractivity contribution is 5.93. The van der Waals surface area contributed by atoms with Crippen molar-refractivity contribution in [3.63, 3.8) is 0 Å². The number of carbonyl (C=O) groups excluding carboxylic acids is 4. The van der Waals surface area contributed by atoms with Crippen LogP contribution in [0.25, 0.3) is 0 Å². The number of allylic oxidation sites excluding steroid dienone is 2. The van der Waals surface area contributed by atoms with Gasteiger partial charge in [0.2, 0.25) is 0 Å². The van der Waals surface area contributed by atoms with Crippen LogP contribution in [0.1, 0.15) is 72.6 Å². The van der Waals surface area contributed by atoms with Gasteiger partial charge in [0, 0.05) is 17.3 Å². The Morgan fingerprint density at radius 2 is 1.85 bits per heavy atom. The van der Waals surface area contributed by atoms with E-state index < -0.39 is 41.8 Å². The maximum absolute atomic E-state index is 12.5. The zero-order chi connectivity index (χ0) is 28.1. The van der Waals surface area contributed by atoms with Crippen molar-refractivity contribution in [1.29, 1.82) is 0 Å². The highest BCUT2D eigenvalue weighted by Crippen LogP contribution is 2.62. The van der Waals surface area contributed by atoms with E-state index in [0.29, 0.717) is 31.3 Å². The number of carbonyl (C=O) groups is 5. The number of carboxylic acids is 2. The first kappa shape index (κ1) is 31.8. The summed E-state index contributed by atoms with van der Waals surface area (Å²) in [6.45, 7) is 8.44. The van der Waals surface area contributed by atoms with Crippen LogP contribution < -0.4 is 5.11 Å². The Morgan fingerprint density at radius 3 is 2.46 bits per heavy atom. The zero-order valence-electron chi connectivity index (χ0n) is 21.9. The van der Waals surface area contributed by atoms with E-state index in [-0.39, 0.29) is 63.1 Å². The number of hydrogen-bond donors (Lipinski definition) is 1. The summed E-state index contributed by atoms with van der Waals surface area (Å²) in [5.41, 5.74) is 0.290. The molecule has 2 fully saturated rings. The van der Waals surface area contributed by atoms with Crippen LogP contribution in [-0.2, 0) is 38.2 Å². The van der Waals surface area contributed by atoms with E-state index in [9.17, 15) is 29.1 Å². The Labute approximate surface area is 229 Å². The maximum atomic E-state index is 12.5. The Kier molecular flexibility index (Phi) is 10.7. The van der Waals surface area contributed by atoms with Gasteiger partial charge in [-0.1, -0.05) is 45.6 Å². The molecule has 0 amide bonds. The molecule has 1 N–H and O–H groups in total. The van der Waals surface area contributed by atoms with Crippen molar-refractivity contribution >= 4 is 29.8 Å². The van der Waals surface area contributed by atoms with Gasteiger partial charge in [-0.25, -0.2) is 4.79 Å². The van der Waals surface area contributed by atoms with Gasteiger partial charge in [-0.05, 0) is 49.5 Å². The van der Waals surface area contributed by atoms with Crippen molar-refractivity contribution in [2.75, 3.05) is 13.2 Å². The topological polar surface area (TPSA) is 156 Å². The van der Waals surface area contributed by atoms with E-state index in [1.807, 2.05) is 13.0 Å². The number of carboxylic acid groups (broad SMARTS) is 2. The lowest BCUT2D eigenvalue weighted by atomic mass is 9.46. The Balaban J connectivity index is 0.00000533. The van der Waals surface area contributed by atoms with E-state index in [4.69, 9.17) is 19.3 Å². The van der Waals surface area contributed by atoms with Gasteiger partial charge in [0.1, 0.15) is 19.3 Å². The molecule has 0 aromatic carbocycles. The molecule has 216 valence electrons. The number of cyclic esters (lactones) is 1. The van der Waals surface area contributed by atoms with Crippen LogP contribution in [0.2, 0.25) is 0 Å². The SMILES string of the molecule is C.C=C1CCC2C(C)(COC(=O)CCC(=O)[O-])C(OC(=O)CCC(=O)O)CCC2(C)C1/C=C/C1=CCOC1=O. The molecular weight excluding hydrogens is 508 g/mol. The number of hydrogen-bond acceptors (Lipinski definition) is 9. The van der Waals surface area contributed by atoms with Gasteiger partial charge >= 0.3 is 23.9 Å². The second-order valence-electron chi connectivity index (χ2n) is 10.8.